The van der Waals surface area contributed by atoms with E-state index in [0.29, 0.717) is 0 Å². The molecule has 5 aromatic heterocycles. The molecule has 12 aromatic rings. The molecule has 0 spiro atoms. The topological polar surface area (TPSA) is 48.5 Å². The maximum atomic E-state index is 4.54. The SMILES string of the molecule is [Ir+3].[c-]1ccccc1-c1cc(-n2c3ccccc3c3ccccc32)ccn1.[c-]1ccccc1-c1cc(-n2c3ccccc3c3ccccc32)ccn1.[c-]1ccccc1-c1ccccn1. The van der Waals surface area contributed by atoms with Gasteiger partial charge in [-0.3, -0.25) is 0 Å². The first-order chi connectivity index (χ1) is 30.8. The molecule has 5 heterocycles. The molecule has 0 saturated carbocycles. The zero-order valence-electron chi connectivity index (χ0n) is 34.0. The van der Waals surface area contributed by atoms with Crippen molar-refractivity contribution in [3.63, 3.8) is 0 Å². The summed E-state index contributed by atoms with van der Waals surface area (Å²) in [5.41, 5.74) is 12.9. The third kappa shape index (κ3) is 8.46. The van der Waals surface area contributed by atoms with E-state index in [2.05, 4.69) is 164 Å². The molecule has 0 amide bonds. The Morgan fingerprint density at radius 1 is 0.302 bits per heavy atom. The molecule has 0 radical (unpaired) electrons. The van der Waals surface area contributed by atoms with Crippen LogP contribution in [0.2, 0.25) is 0 Å². The maximum absolute atomic E-state index is 4.54. The molecule has 0 atom stereocenters. The van der Waals surface area contributed by atoms with Crippen LogP contribution in [0.15, 0.2) is 231 Å². The third-order valence-corrected chi connectivity index (χ3v) is 10.8. The summed E-state index contributed by atoms with van der Waals surface area (Å²) in [6, 6.07) is 81.7. The van der Waals surface area contributed by atoms with Gasteiger partial charge in [-0.25, -0.2) is 0 Å². The molecular weight excluding hydrogens is 947 g/mol. The molecule has 12 rings (SSSR count). The third-order valence-electron chi connectivity index (χ3n) is 10.8. The van der Waals surface area contributed by atoms with Crippen molar-refractivity contribution in [2.75, 3.05) is 0 Å². The predicted molar refractivity (Wildman–Crippen MR) is 254 cm³/mol. The second-order valence-corrected chi connectivity index (χ2v) is 14.6. The summed E-state index contributed by atoms with van der Waals surface area (Å²) in [4.78, 5) is 13.3. The average molecular weight is 985 g/mol. The molecular formula is C57H38IrN5. The van der Waals surface area contributed by atoms with Crippen molar-refractivity contribution in [3.05, 3.63) is 249 Å². The Morgan fingerprint density at radius 3 is 0.984 bits per heavy atom. The van der Waals surface area contributed by atoms with Gasteiger partial charge in [0, 0.05) is 51.5 Å². The quantitative estimate of drug-likeness (QED) is 0.161. The number of pyridine rings is 3. The minimum atomic E-state index is 0. The second-order valence-electron chi connectivity index (χ2n) is 14.6. The Hall–Kier alpha value is -7.76. The van der Waals surface area contributed by atoms with Crippen molar-refractivity contribution in [3.8, 4) is 45.1 Å². The van der Waals surface area contributed by atoms with E-state index >= 15 is 0 Å². The molecule has 0 aliphatic heterocycles. The molecule has 0 saturated heterocycles. The minimum absolute atomic E-state index is 0. The first kappa shape index (κ1) is 40.6. The summed E-state index contributed by atoms with van der Waals surface area (Å²) >= 11 is 0. The molecule has 6 heteroatoms. The van der Waals surface area contributed by atoms with Crippen molar-refractivity contribution in [2.45, 2.75) is 0 Å². The zero-order chi connectivity index (χ0) is 41.5. The van der Waals surface area contributed by atoms with E-state index in [9.17, 15) is 0 Å². The minimum Gasteiger partial charge on any atom is -0.310 e. The standard InChI is InChI=1S/2C23H15N2.C11H8N.Ir/c2*1-2-8-17(9-3-1)21-16-18(14-15-24-21)25-22-12-6-4-10-19(22)20-11-5-7-13-23(20)25;1-2-6-10(7-3-1)11-8-4-5-9-12-11;/h2*1-8,10-16H;1-6,8-9H;/q3*-1;+3. The number of fused-ring (bicyclic) bond motifs is 6. The van der Waals surface area contributed by atoms with Crippen LogP contribution >= 0.6 is 0 Å². The van der Waals surface area contributed by atoms with Crippen LogP contribution in [0.4, 0.5) is 0 Å². The molecule has 0 fully saturated rings. The number of rotatable bonds is 5. The van der Waals surface area contributed by atoms with E-state index < -0.39 is 0 Å². The molecule has 300 valence electrons. The Kier molecular flexibility index (Phi) is 12.2. The van der Waals surface area contributed by atoms with Crippen LogP contribution in [0.25, 0.3) is 88.8 Å². The molecule has 0 bridgehead atoms. The summed E-state index contributed by atoms with van der Waals surface area (Å²) in [7, 11) is 0. The van der Waals surface area contributed by atoms with Crippen LogP contribution in [0, 0.1) is 18.2 Å². The van der Waals surface area contributed by atoms with Gasteiger partial charge in [0.25, 0.3) is 0 Å². The predicted octanol–water partition coefficient (Wildman–Crippen LogP) is 13.8. The molecule has 0 aliphatic rings. The fourth-order valence-corrected chi connectivity index (χ4v) is 7.99. The average Bonchev–Trinajstić information content (AvgIpc) is 3.89. The Morgan fingerprint density at radius 2 is 0.635 bits per heavy atom. The van der Waals surface area contributed by atoms with E-state index in [4.69, 9.17) is 0 Å². The molecule has 5 nitrogen and oxygen atoms in total. The monoisotopic (exact) mass is 985 g/mol. The number of para-hydroxylation sites is 4. The van der Waals surface area contributed by atoms with Crippen LogP contribution < -0.4 is 0 Å². The summed E-state index contributed by atoms with van der Waals surface area (Å²) in [5.74, 6) is 0. The Bertz CT molecular complexity index is 3060. The van der Waals surface area contributed by atoms with Gasteiger partial charge in [0.2, 0.25) is 0 Å². The summed E-state index contributed by atoms with van der Waals surface area (Å²) in [6.45, 7) is 0. The van der Waals surface area contributed by atoms with Gasteiger partial charge in [0.1, 0.15) is 0 Å². The number of hydrogen-bond acceptors (Lipinski definition) is 3. The van der Waals surface area contributed by atoms with Gasteiger partial charge in [-0.1, -0.05) is 97.1 Å². The van der Waals surface area contributed by atoms with Gasteiger partial charge in [-0.05, 0) is 59.5 Å². The molecule has 7 aromatic carbocycles. The fraction of sp³-hybridized carbons (Fsp3) is 0. The van der Waals surface area contributed by atoms with E-state index in [-0.39, 0.29) is 20.1 Å². The van der Waals surface area contributed by atoms with Crippen LogP contribution in [-0.2, 0) is 20.1 Å². The van der Waals surface area contributed by atoms with E-state index in [1.54, 1.807) is 6.20 Å². The Labute approximate surface area is 380 Å². The normalized spacial score (nSPS) is 10.7. The summed E-state index contributed by atoms with van der Waals surface area (Å²) < 4.78 is 4.61. The van der Waals surface area contributed by atoms with Crippen molar-refractivity contribution < 1.29 is 20.1 Å². The van der Waals surface area contributed by atoms with Crippen molar-refractivity contribution in [1.82, 2.24) is 24.1 Å². The van der Waals surface area contributed by atoms with Gasteiger partial charge in [-0.2, -0.15) is 0 Å². The number of aromatic nitrogens is 5. The largest absolute Gasteiger partial charge is 3.00 e. The first-order valence-corrected chi connectivity index (χ1v) is 20.5. The van der Waals surface area contributed by atoms with Crippen LogP contribution in [-0.4, -0.2) is 24.1 Å². The fourth-order valence-electron chi connectivity index (χ4n) is 7.99. The van der Waals surface area contributed by atoms with Gasteiger partial charge >= 0.3 is 20.1 Å². The van der Waals surface area contributed by atoms with Gasteiger partial charge in [-0.15, -0.1) is 108 Å². The van der Waals surface area contributed by atoms with E-state index in [1.165, 1.54) is 43.6 Å². The van der Waals surface area contributed by atoms with Crippen molar-refractivity contribution in [1.29, 1.82) is 0 Å². The second kappa shape index (κ2) is 18.9. The smallest absolute Gasteiger partial charge is 0.310 e. The van der Waals surface area contributed by atoms with Crippen LogP contribution in [0.3, 0.4) is 0 Å². The van der Waals surface area contributed by atoms with Gasteiger partial charge < -0.3 is 24.1 Å². The molecule has 0 N–H and O–H groups in total. The molecule has 0 unspecified atom stereocenters. The first-order valence-electron chi connectivity index (χ1n) is 20.5. The number of benzene rings is 7. The number of hydrogen-bond donors (Lipinski definition) is 0. The van der Waals surface area contributed by atoms with Gasteiger partial charge in [0.15, 0.2) is 0 Å². The van der Waals surface area contributed by atoms with E-state index in [1.807, 2.05) is 103 Å². The zero-order valence-corrected chi connectivity index (χ0v) is 36.4. The van der Waals surface area contributed by atoms with Crippen molar-refractivity contribution in [2.24, 2.45) is 0 Å². The Balaban J connectivity index is 0.000000126. The van der Waals surface area contributed by atoms with E-state index in [0.717, 1.165) is 45.1 Å². The van der Waals surface area contributed by atoms with Crippen LogP contribution in [0.1, 0.15) is 0 Å². The van der Waals surface area contributed by atoms with Gasteiger partial charge in [0.05, 0.1) is 22.1 Å². The van der Waals surface area contributed by atoms with Crippen LogP contribution in [0.5, 0.6) is 0 Å². The summed E-state index contributed by atoms with van der Waals surface area (Å²) in [5, 5.41) is 5.07. The maximum Gasteiger partial charge on any atom is 3.00 e. The molecule has 0 aliphatic carbocycles. The summed E-state index contributed by atoms with van der Waals surface area (Å²) in [6.07, 6.45) is 5.53. The molecule has 63 heavy (non-hydrogen) atoms. The number of nitrogens with zero attached hydrogens (tertiary/aromatic N) is 5. The van der Waals surface area contributed by atoms with Crippen molar-refractivity contribution >= 4 is 43.6 Å².